The van der Waals surface area contributed by atoms with E-state index >= 15 is 0 Å². The van der Waals surface area contributed by atoms with E-state index in [1.54, 1.807) is 19.2 Å². The molecule has 3 rings (SSSR count). The molecule has 3 heteroatoms. The molecule has 2 nitrogen and oxygen atoms in total. The van der Waals surface area contributed by atoms with Crippen molar-refractivity contribution in [1.29, 1.82) is 0 Å². The Morgan fingerprint density at radius 2 is 1.96 bits per heavy atom. The quantitative estimate of drug-likeness (QED) is 0.718. The Bertz CT molecular complexity index is 728. The summed E-state index contributed by atoms with van der Waals surface area (Å²) < 4.78 is 19.8. The normalized spacial score (nSPS) is 18.3. The summed E-state index contributed by atoms with van der Waals surface area (Å²) in [5.74, 6) is 0.492. The lowest BCUT2D eigenvalue weighted by Gasteiger charge is -2.34. The fourth-order valence-electron chi connectivity index (χ4n) is 3.71. The van der Waals surface area contributed by atoms with Crippen molar-refractivity contribution >= 4 is 0 Å². The molecule has 25 heavy (non-hydrogen) atoms. The highest BCUT2D eigenvalue weighted by Gasteiger charge is 2.20. The summed E-state index contributed by atoms with van der Waals surface area (Å²) in [5.41, 5.74) is 4.11. The van der Waals surface area contributed by atoms with Gasteiger partial charge in [0.15, 0.2) is 0 Å². The smallest absolute Gasteiger partial charge is 0.131 e. The highest BCUT2D eigenvalue weighted by atomic mass is 19.1. The van der Waals surface area contributed by atoms with Crippen molar-refractivity contribution in [1.82, 2.24) is 4.90 Å². The molecule has 1 atom stereocenters. The van der Waals surface area contributed by atoms with Gasteiger partial charge >= 0.3 is 0 Å². The molecular weight excluding hydrogens is 313 g/mol. The van der Waals surface area contributed by atoms with Crippen molar-refractivity contribution < 1.29 is 9.13 Å². The fraction of sp³-hybridized carbons (Fsp3) is 0.455. The number of likely N-dealkylation sites (tertiary alicyclic amines) is 1. The topological polar surface area (TPSA) is 12.5 Å². The minimum atomic E-state index is -0.196. The number of methoxy groups -OCH3 is 1. The molecule has 2 aromatic rings. The van der Waals surface area contributed by atoms with Gasteiger partial charge in [-0.15, -0.1) is 0 Å². The van der Waals surface area contributed by atoms with Crippen LogP contribution in [0.15, 0.2) is 36.4 Å². The van der Waals surface area contributed by atoms with Gasteiger partial charge in [-0.3, -0.25) is 4.90 Å². The summed E-state index contributed by atoms with van der Waals surface area (Å²) in [7, 11) is 1.62. The number of rotatable bonds is 5. The van der Waals surface area contributed by atoms with Crippen LogP contribution in [0.25, 0.3) is 11.1 Å². The van der Waals surface area contributed by atoms with E-state index < -0.39 is 0 Å². The highest BCUT2D eigenvalue weighted by molar-refractivity contribution is 5.70. The summed E-state index contributed by atoms with van der Waals surface area (Å²) >= 11 is 0. The molecule has 0 aliphatic carbocycles. The van der Waals surface area contributed by atoms with Crippen molar-refractivity contribution in [2.75, 3.05) is 13.7 Å². The summed E-state index contributed by atoms with van der Waals surface area (Å²) in [5, 5.41) is 0. The average molecular weight is 341 g/mol. The average Bonchev–Trinajstić information content (AvgIpc) is 2.64. The number of ether oxygens (including phenoxy) is 1. The Morgan fingerprint density at radius 3 is 2.68 bits per heavy atom. The van der Waals surface area contributed by atoms with Crippen molar-refractivity contribution in [3.63, 3.8) is 0 Å². The van der Waals surface area contributed by atoms with Crippen molar-refractivity contribution in [2.45, 2.75) is 52.1 Å². The van der Waals surface area contributed by atoms with Crippen LogP contribution in [0.1, 0.15) is 44.2 Å². The molecule has 2 aromatic carbocycles. The second kappa shape index (κ2) is 8.01. The van der Waals surface area contributed by atoms with Gasteiger partial charge < -0.3 is 4.74 Å². The van der Waals surface area contributed by atoms with Crippen LogP contribution < -0.4 is 4.74 Å². The third-order valence-corrected chi connectivity index (χ3v) is 5.36. The lowest BCUT2D eigenvalue weighted by molar-refractivity contribution is 0.153. The predicted octanol–water partition coefficient (Wildman–Crippen LogP) is 5.44. The molecule has 1 fully saturated rings. The van der Waals surface area contributed by atoms with E-state index in [0.717, 1.165) is 25.1 Å². The zero-order valence-electron chi connectivity index (χ0n) is 15.5. The molecule has 0 N–H and O–H groups in total. The highest BCUT2D eigenvalue weighted by Crippen LogP contribution is 2.32. The molecule has 0 bridgehead atoms. The van der Waals surface area contributed by atoms with Gasteiger partial charge in [0, 0.05) is 18.2 Å². The van der Waals surface area contributed by atoms with Gasteiger partial charge in [-0.25, -0.2) is 4.39 Å². The molecule has 1 saturated heterocycles. The molecule has 0 spiro atoms. The van der Waals surface area contributed by atoms with Crippen LogP contribution in [-0.2, 0) is 13.0 Å². The molecule has 1 aliphatic heterocycles. The van der Waals surface area contributed by atoms with Gasteiger partial charge in [0.1, 0.15) is 11.6 Å². The van der Waals surface area contributed by atoms with E-state index in [2.05, 4.69) is 36.9 Å². The van der Waals surface area contributed by atoms with Gasteiger partial charge in [0.25, 0.3) is 0 Å². The van der Waals surface area contributed by atoms with E-state index in [-0.39, 0.29) is 5.82 Å². The maximum Gasteiger partial charge on any atom is 0.131 e. The standard InChI is InChI=1S/C22H28FNO/c1-4-17-8-10-20(21-14-19(25-3)9-11-22(21)23)18(13-17)15-24-12-6-5-7-16(24)2/h8-11,13-14,16H,4-7,12,15H2,1-3H3. The SMILES string of the molecule is CCc1ccc(-c2cc(OC)ccc2F)c(CN2CCCCC2C)c1. The number of halogens is 1. The third kappa shape index (κ3) is 4.04. The molecule has 0 radical (unpaired) electrons. The minimum Gasteiger partial charge on any atom is -0.497 e. The van der Waals surface area contributed by atoms with Crippen molar-refractivity contribution in [2.24, 2.45) is 0 Å². The zero-order chi connectivity index (χ0) is 17.8. The van der Waals surface area contributed by atoms with Gasteiger partial charge in [0.05, 0.1) is 7.11 Å². The number of piperidine rings is 1. The second-order valence-electron chi connectivity index (χ2n) is 7.01. The van der Waals surface area contributed by atoms with Crippen molar-refractivity contribution in [3.05, 3.63) is 53.3 Å². The van der Waals surface area contributed by atoms with E-state index in [1.807, 2.05) is 0 Å². The van der Waals surface area contributed by atoms with Crippen LogP contribution in [-0.4, -0.2) is 24.6 Å². The molecular formula is C22H28FNO. The Kier molecular flexibility index (Phi) is 5.74. The summed E-state index contributed by atoms with van der Waals surface area (Å²) in [6.07, 6.45) is 4.80. The molecule has 0 aromatic heterocycles. The van der Waals surface area contributed by atoms with Crippen LogP contribution in [0.5, 0.6) is 5.75 Å². The van der Waals surface area contributed by atoms with E-state index in [9.17, 15) is 4.39 Å². The van der Waals surface area contributed by atoms with Crippen LogP contribution in [0, 0.1) is 5.82 Å². The Labute approximate surface area is 150 Å². The first kappa shape index (κ1) is 17.9. The monoisotopic (exact) mass is 341 g/mol. The largest absolute Gasteiger partial charge is 0.497 e. The molecule has 0 saturated carbocycles. The zero-order valence-corrected chi connectivity index (χ0v) is 15.5. The first-order valence-electron chi connectivity index (χ1n) is 9.32. The molecule has 0 amide bonds. The van der Waals surface area contributed by atoms with E-state index in [0.29, 0.717) is 17.4 Å². The lowest BCUT2D eigenvalue weighted by atomic mass is 9.94. The Hall–Kier alpha value is -1.87. The fourth-order valence-corrected chi connectivity index (χ4v) is 3.71. The number of nitrogens with zero attached hydrogens (tertiary/aromatic N) is 1. The predicted molar refractivity (Wildman–Crippen MR) is 101 cm³/mol. The van der Waals surface area contributed by atoms with Crippen LogP contribution in [0.4, 0.5) is 4.39 Å². The number of aryl methyl sites for hydroxylation is 1. The van der Waals surface area contributed by atoms with Crippen molar-refractivity contribution in [3.8, 4) is 16.9 Å². The van der Waals surface area contributed by atoms with Gasteiger partial charge in [-0.1, -0.05) is 31.5 Å². The summed E-state index contributed by atoms with van der Waals surface area (Å²) in [4.78, 5) is 2.53. The van der Waals surface area contributed by atoms with E-state index in [1.165, 1.54) is 36.5 Å². The van der Waals surface area contributed by atoms with E-state index in [4.69, 9.17) is 4.74 Å². The first-order valence-corrected chi connectivity index (χ1v) is 9.32. The number of hydrogen-bond donors (Lipinski definition) is 0. The second-order valence-corrected chi connectivity index (χ2v) is 7.01. The lowest BCUT2D eigenvalue weighted by Crippen LogP contribution is -2.36. The van der Waals surface area contributed by atoms with Crippen LogP contribution in [0.3, 0.4) is 0 Å². The maximum atomic E-state index is 14.5. The Balaban J connectivity index is 2.01. The number of benzene rings is 2. The van der Waals surface area contributed by atoms with Gasteiger partial charge in [-0.2, -0.15) is 0 Å². The number of hydrogen-bond acceptors (Lipinski definition) is 2. The van der Waals surface area contributed by atoms with Crippen LogP contribution in [0.2, 0.25) is 0 Å². The summed E-state index contributed by atoms with van der Waals surface area (Å²) in [6, 6.07) is 12.0. The minimum absolute atomic E-state index is 0.196. The van der Waals surface area contributed by atoms with Crippen LogP contribution >= 0.6 is 0 Å². The van der Waals surface area contributed by atoms with Gasteiger partial charge in [0.2, 0.25) is 0 Å². The molecule has 1 heterocycles. The molecule has 1 unspecified atom stereocenters. The summed E-state index contributed by atoms with van der Waals surface area (Å²) in [6.45, 7) is 6.46. The molecule has 1 aliphatic rings. The van der Waals surface area contributed by atoms with Gasteiger partial charge in [-0.05, 0) is 67.6 Å². The third-order valence-electron chi connectivity index (χ3n) is 5.36. The molecule has 134 valence electrons. The maximum absolute atomic E-state index is 14.5. The first-order chi connectivity index (χ1) is 12.1. The Morgan fingerprint density at radius 1 is 1.12 bits per heavy atom.